The lowest BCUT2D eigenvalue weighted by Gasteiger charge is -2.11. The Morgan fingerprint density at radius 2 is 1.63 bits per heavy atom. The van der Waals surface area contributed by atoms with Gasteiger partial charge in [0.25, 0.3) is 0 Å². The highest BCUT2D eigenvalue weighted by molar-refractivity contribution is 6.33. The first kappa shape index (κ1) is 19.8. The molecule has 0 aliphatic heterocycles. The molecule has 3 aromatic carbocycles. The number of Topliss-reactive ketones (excluding diaryl/α,β-unsaturated/α-hetero) is 1. The Balaban J connectivity index is 1.65. The molecule has 30 heavy (non-hydrogen) atoms. The van der Waals surface area contributed by atoms with Crippen LogP contribution < -0.4 is 0 Å². The Morgan fingerprint density at radius 3 is 2.40 bits per heavy atom. The van der Waals surface area contributed by atoms with E-state index in [1.807, 2.05) is 55.5 Å². The fourth-order valence-corrected chi connectivity index (χ4v) is 3.42. The Bertz CT molecular complexity index is 1250. The molecule has 5 heteroatoms. The average Bonchev–Trinajstić information content (AvgIpc) is 2.77. The number of halogens is 1. The van der Waals surface area contributed by atoms with Gasteiger partial charge in [0.05, 0.1) is 16.8 Å². The summed E-state index contributed by atoms with van der Waals surface area (Å²) in [6.07, 6.45) is 0. The van der Waals surface area contributed by atoms with Crippen LogP contribution in [0.2, 0.25) is 5.02 Å². The van der Waals surface area contributed by atoms with E-state index in [0.29, 0.717) is 32.7 Å². The van der Waals surface area contributed by atoms with E-state index in [4.69, 9.17) is 16.3 Å². The van der Waals surface area contributed by atoms with Gasteiger partial charge in [0.2, 0.25) is 0 Å². The summed E-state index contributed by atoms with van der Waals surface area (Å²) in [4.78, 5) is 29.9. The first-order valence-electron chi connectivity index (χ1n) is 9.44. The molecule has 0 saturated heterocycles. The second kappa shape index (κ2) is 8.47. The molecule has 0 amide bonds. The number of carbonyl (C=O) groups is 2. The molecule has 0 bridgehead atoms. The lowest BCUT2D eigenvalue weighted by molar-refractivity contribution is 0.0476. The van der Waals surface area contributed by atoms with Gasteiger partial charge >= 0.3 is 5.97 Å². The van der Waals surface area contributed by atoms with Crippen LogP contribution >= 0.6 is 11.6 Å². The Kier molecular flexibility index (Phi) is 5.59. The van der Waals surface area contributed by atoms with E-state index >= 15 is 0 Å². The molecule has 0 spiro atoms. The number of rotatable bonds is 5. The van der Waals surface area contributed by atoms with Gasteiger partial charge in [-0.25, -0.2) is 9.78 Å². The minimum atomic E-state index is -0.581. The first-order chi connectivity index (χ1) is 14.5. The molecule has 0 aliphatic carbocycles. The van der Waals surface area contributed by atoms with Crippen LogP contribution in [-0.4, -0.2) is 23.3 Å². The van der Waals surface area contributed by atoms with Gasteiger partial charge in [-0.3, -0.25) is 4.79 Å². The summed E-state index contributed by atoms with van der Waals surface area (Å²) < 4.78 is 5.35. The topological polar surface area (TPSA) is 56.3 Å². The molecule has 4 aromatic rings. The third-order valence-corrected chi connectivity index (χ3v) is 5.12. The highest BCUT2D eigenvalue weighted by Crippen LogP contribution is 2.30. The number of carbonyl (C=O) groups excluding carboxylic acids is 2. The maximum atomic E-state index is 12.9. The largest absolute Gasteiger partial charge is 0.454 e. The second-order valence-corrected chi connectivity index (χ2v) is 7.32. The maximum absolute atomic E-state index is 12.9. The van der Waals surface area contributed by atoms with Crippen molar-refractivity contribution in [3.63, 3.8) is 0 Å². The van der Waals surface area contributed by atoms with Crippen LogP contribution in [0.15, 0.2) is 78.9 Å². The summed E-state index contributed by atoms with van der Waals surface area (Å²) >= 11 is 6.32. The molecule has 4 rings (SSSR count). The predicted molar refractivity (Wildman–Crippen MR) is 118 cm³/mol. The van der Waals surface area contributed by atoms with Gasteiger partial charge in [0, 0.05) is 21.5 Å². The summed E-state index contributed by atoms with van der Waals surface area (Å²) in [5.41, 5.74) is 3.83. The highest BCUT2D eigenvalue weighted by Gasteiger charge is 2.18. The van der Waals surface area contributed by atoms with E-state index in [0.717, 1.165) is 11.1 Å². The van der Waals surface area contributed by atoms with Crippen LogP contribution in [0.5, 0.6) is 0 Å². The van der Waals surface area contributed by atoms with Crippen LogP contribution in [0.25, 0.3) is 22.2 Å². The zero-order chi connectivity index (χ0) is 21.1. The molecule has 0 saturated carbocycles. The van der Waals surface area contributed by atoms with E-state index in [1.54, 1.807) is 30.3 Å². The quantitative estimate of drug-likeness (QED) is 0.300. The third-order valence-electron chi connectivity index (χ3n) is 4.79. The highest BCUT2D eigenvalue weighted by atomic mass is 35.5. The molecule has 1 heterocycles. The summed E-state index contributed by atoms with van der Waals surface area (Å²) in [5, 5.41) is 1.19. The fraction of sp³-hybridized carbons (Fsp3) is 0.0800. The number of aryl methyl sites for hydroxylation is 1. The molecular weight excluding hydrogens is 398 g/mol. The molecule has 0 fully saturated rings. The normalized spacial score (nSPS) is 10.7. The number of hydrogen-bond donors (Lipinski definition) is 0. The SMILES string of the molecule is Cc1ccc(C(=O)COC(=O)c2cc(-c3ccccc3Cl)nc3ccccc23)cc1. The molecular formula is C25H18ClNO3. The van der Waals surface area contributed by atoms with Crippen molar-refractivity contribution >= 4 is 34.3 Å². The van der Waals surface area contributed by atoms with Crippen LogP contribution in [0, 0.1) is 6.92 Å². The Morgan fingerprint density at radius 1 is 0.933 bits per heavy atom. The average molecular weight is 416 g/mol. The van der Waals surface area contributed by atoms with Gasteiger partial charge < -0.3 is 4.74 Å². The van der Waals surface area contributed by atoms with Crippen molar-refractivity contribution < 1.29 is 14.3 Å². The van der Waals surface area contributed by atoms with Crippen molar-refractivity contribution in [2.24, 2.45) is 0 Å². The van der Waals surface area contributed by atoms with Crippen LogP contribution in [0.1, 0.15) is 26.3 Å². The summed E-state index contributed by atoms with van der Waals surface area (Å²) in [6, 6.07) is 23.4. The molecule has 0 radical (unpaired) electrons. The number of esters is 1. The molecule has 1 aromatic heterocycles. The van der Waals surface area contributed by atoms with Gasteiger partial charge in [-0.15, -0.1) is 0 Å². The van der Waals surface area contributed by atoms with Crippen LogP contribution in [-0.2, 0) is 4.74 Å². The summed E-state index contributed by atoms with van der Waals surface area (Å²) in [6.45, 7) is 1.61. The number of para-hydroxylation sites is 1. The number of aromatic nitrogens is 1. The van der Waals surface area contributed by atoms with Crippen LogP contribution in [0.3, 0.4) is 0 Å². The third kappa shape index (κ3) is 4.09. The van der Waals surface area contributed by atoms with Gasteiger partial charge in [-0.2, -0.15) is 0 Å². The van der Waals surface area contributed by atoms with E-state index in [9.17, 15) is 9.59 Å². The van der Waals surface area contributed by atoms with E-state index in [1.165, 1.54) is 0 Å². The smallest absolute Gasteiger partial charge is 0.339 e. The molecule has 0 N–H and O–H groups in total. The van der Waals surface area contributed by atoms with Gasteiger partial charge in [-0.05, 0) is 25.1 Å². The van der Waals surface area contributed by atoms with Crippen molar-refractivity contribution in [2.45, 2.75) is 6.92 Å². The van der Waals surface area contributed by atoms with Crippen molar-refractivity contribution in [1.82, 2.24) is 4.98 Å². The van der Waals surface area contributed by atoms with Gasteiger partial charge in [0.15, 0.2) is 12.4 Å². The van der Waals surface area contributed by atoms with E-state index in [2.05, 4.69) is 4.98 Å². The lowest BCUT2D eigenvalue weighted by atomic mass is 10.0. The number of benzene rings is 3. The molecule has 148 valence electrons. The van der Waals surface area contributed by atoms with Gasteiger partial charge in [-0.1, -0.05) is 77.8 Å². The monoisotopic (exact) mass is 415 g/mol. The lowest BCUT2D eigenvalue weighted by Crippen LogP contribution is -2.15. The Hall–Kier alpha value is -3.50. The van der Waals surface area contributed by atoms with Crippen molar-refractivity contribution in [3.8, 4) is 11.3 Å². The number of nitrogens with zero attached hydrogens (tertiary/aromatic N) is 1. The zero-order valence-corrected chi connectivity index (χ0v) is 17.0. The molecule has 0 atom stereocenters. The number of hydrogen-bond acceptors (Lipinski definition) is 4. The zero-order valence-electron chi connectivity index (χ0n) is 16.3. The molecule has 0 unspecified atom stereocenters. The summed E-state index contributed by atoms with van der Waals surface area (Å²) in [5.74, 6) is -0.838. The number of ketones is 1. The molecule has 4 nitrogen and oxygen atoms in total. The fourth-order valence-electron chi connectivity index (χ4n) is 3.18. The number of fused-ring (bicyclic) bond motifs is 1. The summed E-state index contributed by atoms with van der Waals surface area (Å²) in [7, 11) is 0. The minimum absolute atomic E-state index is 0.256. The second-order valence-electron chi connectivity index (χ2n) is 6.92. The van der Waals surface area contributed by atoms with Crippen molar-refractivity contribution in [1.29, 1.82) is 0 Å². The predicted octanol–water partition coefficient (Wildman–Crippen LogP) is 5.90. The maximum Gasteiger partial charge on any atom is 0.339 e. The van der Waals surface area contributed by atoms with Crippen LogP contribution in [0.4, 0.5) is 0 Å². The van der Waals surface area contributed by atoms with E-state index < -0.39 is 5.97 Å². The standard InChI is InChI=1S/C25H18ClNO3/c1-16-10-12-17(13-11-16)24(28)15-30-25(29)20-14-23(19-7-2-4-8-21(19)26)27-22-9-5-3-6-18(20)22/h2-14H,15H2,1H3. The minimum Gasteiger partial charge on any atom is -0.454 e. The first-order valence-corrected chi connectivity index (χ1v) is 9.82. The number of ether oxygens (including phenoxy) is 1. The molecule has 0 aliphatic rings. The van der Waals surface area contributed by atoms with E-state index in [-0.39, 0.29) is 12.4 Å². The van der Waals surface area contributed by atoms with Crippen molar-refractivity contribution in [2.75, 3.05) is 6.61 Å². The van der Waals surface area contributed by atoms with Crippen molar-refractivity contribution in [3.05, 3.63) is 101 Å². The Labute approximate surface area is 179 Å². The van der Waals surface area contributed by atoms with Gasteiger partial charge in [0.1, 0.15) is 0 Å². The number of pyridine rings is 1.